The maximum absolute atomic E-state index is 12.7. The first-order chi connectivity index (χ1) is 13.3. The van der Waals surface area contributed by atoms with Crippen LogP contribution in [0, 0.1) is 0 Å². The fourth-order valence-electron chi connectivity index (χ4n) is 3.03. The molecule has 6 nitrogen and oxygen atoms in total. The van der Waals surface area contributed by atoms with E-state index >= 15 is 0 Å². The molecule has 0 atom stereocenters. The predicted molar refractivity (Wildman–Crippen MR) is 110 cm³/mol. The topological polar surface area (TPSA) is 91.4 Å². The molecule has 0 spiro atoms. The van der Waals surface area contributed by atoms with Crippen LogP contribution in [-0.2, 0) is 5.41 Å². The van der Waals surface area contributed by atoms with Gasteiger partial charge in [-0.05, 0) is 29.2 Å². The maximum Gasteiger partial charge on any atom is 0.261 e. The van der Waals surface area contributed by atoms with Crippen molar-refractivity contribution in [3.8, 4) is 5.75 Å². The molecule has 0 unspecified atom stereocenters. The van der Waals surface area contributed by atoms with Crippen molar-refractivity contribution in [2.24, 2.45) is 0 Å². The molecule has 0 aliphatic rings. The number of anilines is 1. The van der Waals surface area contributed by atoms with Gasteiger partial charge in [-0.1, -0.05) is 39.0 Å². The van der Waals surface area contributed by atoms with Crippen LogP contribution in [-0.4, -0.2) is 29.2 Å². The third-order valence-electron chi connectivity index (χ3n) is 4.43. The van der Waals surface area contributed by atoms with Crippen LogP contribution in [0.15, 0.2) is 53.5 Å². The largest absolute Gasteiger partial charge is 0.491 e. The van der Waals surface area contributed by atoms with E-state index in [2.05, 4.69) is 31.1 Å². The lowest BCUT2D eigenvalue weighted by atomic mass is 9.86. The second-order valence-corrected chi connectivity index (χ2v) is 7.56. The second-order valence-electron chi connectivity index (χ2n) is 7.56. The molecule has 3 rings (SSSR count). The number of aromatic nitrogens is 1. The number of amides is 1. The molecule has 1 aromatic heterocycles. The molecule has 6 heteroatoms. The Morgan fingerprint density at radius 2 is 1.93 bits per heavy atom. The highest BCUT2D eigenvalue weighted by Gasteiger charge is 2.20. The van der Waals surface area contributed by atoms with Crippen LogP contribution in [0.2, 0.25) is 0 Å². The van der Waals surface area contributed by atoms with E-state index in [4.69, 9.17) is 9.84 Å². The molecule has 0 saturated carbocycles. The average molecular weight is 380 g/mol. The summed E-state index contributed by atoms with van der Waals surface area (Å²) in [6, 6.07) is 12.4. The Morgan fingerprint density at radius 3 is 2.64 bits per heavy atom. The molecule has 1 heterocycles. The number of aliphatic hydroxyl groups excluding tert-OH is 1. The number of hydrogen-bond donors (Lipinski definition) is 3. The summed E-state index contributed by atoms with van der Waals surface area (Å²) in [7, 11) is 0. The molecular formula is C22H24N2O4. The van der Waals surface area contributed by atoms with E-state index in [1.165, 1.54) is 6.20 Å². The van der Waals surface area contributed by atoms with Gasteiger partial charge >= 0.3 is 0 Å². The van der Waals surface area contributed by atoms with Crippen LogP contribution < -0.4 is 15.5 Å². The summed E-state index contributed by atoms with van der Waals surface area (Å²) in [5.41, 5.74) is 1.70. The third kappa shape index (κ3) is 4.07. The summed E-state index contributed by atoms with van der Waals surface area (Å²) in [5.74, 6) is 0.0930. The predicted octanol–water partition coefficient (Wildman–Crippen LogP) is 3.45. The Balaban J connectivity index is 1.92. The van der Waals surface area contributed by atoms with E-state index in [0.29, 0.717) is 22.3 Å². The maximum atomic E-state index is 12.7. The summed E-state index contributed by atoms with van der Waals surface area (Å²) in [5, 5.41) is 12.3. The quantitative estimate of drug-likeness (QED) is 0.632. The number of aromatic amines is 1. The number of hydrogen-bond acceptors (Lipinski definition) is 4. The van der Waals surface area contributed by atoms with Gasteiger partial charge in [0.25, 0.3) is 5.91 Å². The highest BCUT2D eigenvalue weighted by atomic mass is 16.5. The number of carbonyl (C=O) groups excluding carboxylic acids is 1. The van der Waals surface area contributed by atoms with Crippen LogP contribution in [0.3, 0.4) is 0 Å². The monoisotopic (exact) mass is 380 g/mol. The molecule has 0 aliphatic carbocycles. The molecule has 146 valence electrons. The van der Waals surface area contributed by atoms with E-state index in [9.17, 15) is 9.59 Å². The number of fused-ring (bicyclic) bond motifs is 1. The molecule has 0 saturated heterocycles. The number of ether oxygens (including phenoxy) is 1. The lowest BCUT2D eigenvalue weighted by Gasteiger charge is -2.23. The highest BCUT2D eigenvalue weighted by molar-refractivity contribution is 6.05. The summed E-state index contributed by atoms with van der Waals surface area (Å²) in [6.45, 7) is 6.22. The Hall–Kier alpha value is -3.12. The number of aliphatic hydroxyl groups is 1. The zero-order valence-electron chi connectivity index (χ0n) is 16.2. The van der Waals surface area contributed by atoms with E-state index in [0.717, 1.165) is 5.56 Å². The van der Waals surface area contributed by atoms with E-state index in [1.807, 2.05) is 12.1 Å². The van der Waals surface area contributed by atoms with Crippen LogP contribution in [0.25, 0.3) is 10.9 Å². The summed E-state index contributed by atoms with van der Waals surface area (Å²) >= 11 is 0. The molecule has 28 heavy (non-hydrogen) atoms. The number of nitrogens with one attached hydrogen (secondary N) is 2. The van der Waals surface area contributed by atoms with Gasteiger partial charge in [-0.2, -0.15) is 0 Å². The number of carbonyl (C=O) groups is 1. The molecular weight excluding hydrogens is 356 g/mol. The normalized spacial score (nSPS) is 11.4. The zero-order chi connectivity index (χ0) is 20.3. The highest BCUT2D eigenvalue weighted by Crippen LogP contribution is 2.33. The van der Waals surface area contributed by atoms with Crippen LogP contribution in [0.4, 0.5) is 5.69 Å². The van der Waals surface area contributed by atoms with Crippen LogP contribution >= 0.6 is 0 Å². The minimum atomic E-state index is -0.497. The van der Waals surface area contributed by atoms with Gasteiger partial charge in [0, 0.05) is 28.9 Å². The van der Waals surface area contributed by atoms with Gasteiger partial charge in [-0.25, -0.2) is 0 Å². The number of H-pyrrole nitrogens is 1. The molecule has 0 fully saturated rings. The van der Waals surface area contributed by atoms with Gasteiger partial charge in [0.05, 0.1) is 6.61 Å². The summed E-state index contributed by atoms with van der Waals surface area (Å²) in [4.78, 5) is 28.3. The molecule has 3 N–H and O–H groups in total. The fraction of sp³-hybridized carbons (Fsp3) is 0.273. The van der Waals surface area contributed by atoms with Crippen molar-refractivity contribution in [1.82, 2.24) is 4.98 Å². The average Bonchev–Trinajstić information content (AvgIpc) is 2.66. The van der Waals surface area contributed by atoms with Gasteiger partial charge in [-0.15, -0.1) is 0 Å². The minimum Gasteiger partial charge on any atom is -0.491 e. The van der Waals surface area contributed by atoms with E-state index in [1.54, 1.807) is 30.3 Å². The first-order valence-electron chi connectivity index (χ1n) is 9.11. The molecule has 1 amide bonds. The number of benzene rings is 2. The molecule has 0 radical (unpaired) electrons. The molecule has 2 aromatic carbocycles. The van der Waals surface area contributed by atoms with Gasteiger partial charge in [0.15, 0.2) is 0 Å². The lowest BCUT2D eigenvalue weighted by Crippen LogP contribution is -2.22. The Kier molecular flexibility index (Phi) is 5.51. The van der Waals surface area contributed by atoms with Crippen molar-refractivity contribution >= 4 is 22.5 Å². The third-order valence-corrected chi connectivity index (χ3v) is 4.43. The van der Waals surface area contributed by atoms with Crippen molar-refractivity contribution in [3.05, 3.63) is 70.0 Å². The Labute approximate surface area is 163 Å². The standard InChI is InChI=1S/C22H24N2O4/c1-22(2,3)17-9-8-14(12-19(17)28-11-10-25)24-21(27)16-13-23-18-7-5-4-6-15(18)20(16)26/h4-9,12-13,25H,10-11H2,1-3H3,(H,23,26)(H,24,27). The fourth-order valence-corrected chi connectivity index (χ4v) is 3.03. The SMILES string of the molecule is CC(C)(C)c1ccc(NC(=O)c2c[nH]c3ccccc3c2=O)cc1OCCO. The van der Waals surface area contributed by atoms with Crippen molar-refractivity contribution in [2.75, 3.05) is 18.5 Å². The van der Waals surface area contributed by atoms with Crippen molar-refractivity contribution < 1.29 is 14.6 Å². The Bertz CT molecular complexity index is 1060. The first-order valence-corrected chi connectivity index (χ1v) is 9.11. The van der Waals surface area contributed by atoms with Gasteiger partial charge in [0.1, 0.15) is 17.9 Å². The minimum absolute atomic E-state index is 0.0384. The van der Waals surface area contributed by atoms with E-state index in [-0.39, 0.29) is 29.6 Å². The lowest BCUT2D eigenvalue weighted by molar-refractivity contribution is 0.102. The van der Waals surface area contributed by atoms with Crippen molar-refractivity contribution in [1.29, 1.82) is 0 Å². The van der Waals surface area contributed by atoms with Gasteiger partial charge in [-0.3, -0.25) is 9.59 Å². The summed E-state index contributed by atoms with van der Waals surface area (Å²) < 4.78 is 5.65. The number of rotatable bonds is 5. The zero-order valence-corrected chi connectivity index (χ0v) is 16.2. The van der Waals surface area contributed by atoms with Crippen LogP contribution in [0.1, 0.15) is 36.7 Å². The van der Waals surface area contributed by atoms with Gasteiger partial charge < -0.3 is 20.1 Å². The van der Waals surface area contributed by atoms with Crippen molar-refractivity contribution in [3.63, 3.8) is 0 Å². The summed E-state index contributed by atoms with van der Waals surface area (Å²) in [6.07, 6.45) is 1.42. The molecule has 3 aromatic rings. The Morgan fingerprint density at radius 1 is 1.18 bits per heavy atom. The second kappa shape index (κ2) is 7.86. The van der Waals surface area contributed by atoms with Crippen LogP contribution in [0.5, 0.6) is 5.75 Å². The van der Waals surface area contributed by atoms with Crippen molar-refractivity contribution in [2.45, 2.75) is 26.2 Å². The first kappa shape index (κ1) is 19.6. The number of para-hydroxylation sites is 1. The van der Waals surface area contributed by atoms with E-state index < -0.39 is 5.91 Å². The number of pyridine rings is 1. The van der Waals surface area contributed by atoms with Gasteiger partial charge in [0.2, 0.25) is 5.43 Å². The molecule has 0 bridgehead atoms. The molecule has 0 aliphatic heterocycles. The smallest absolute Gasteiger partial charge is 0.261 e.